The molecule has 0 N–H and O–H groups in total. The molecule has 1 heterocycles. The van der Waals surface area contributed by atoms with Crippen LogP contribution in [0, 0.1) is 11.1 Å². The highest BCUT2D eigenvalue weighted by atomic mass is 16.5. The molecular weight excluding hydrogens is 368 g/mol. The minimum absolute atomic E-state index is 0.105. The maximum Gasteiger partial charge on any atom is 0.309 e. The first-order valence-corrected chi connectivity index (χ1v) is 9.92. The summed E-state index contributed by atoms with van der Waals surface area (Å²) in [5.74, 6) is -0.838. The Morgan fingerprint density at radius 3 is 2.45 bits per heavy atom. The van der Waals surface area contributed by atoms with Gasteiger partial charge >= 0.3 is 5.97 Å². The van der Waals surface area contributed by atoms with E-state index < -0.39 is 5.78 Å². The molecule has 4 rings (SSSR count). The molecule has 0 atom stereocenters. The molecule has 1 aliphatic rings. The Bertz CT molecular complexity index is 1040. The van der Waals surface area contributed by atoms with Crippen LogP contribution in [0.3, 0.4) is 0 Å². The molecule has 6 nitrogen and oxygen atoms in total. The molecule has 1 aromatic heterocycles. The van der Waals surface area contributed by atoms with E-state index in [-0.39, 0.29) is 29.9 Å². The lowest BCUT2D eigenvalue weighted by atomic mass is 9.89. The van der Waals surface area contributed by atoms with E-state index in [2.05, 4.69) is 4.98 Å². The maximum atomic E-state index is 13.1. The van der Waals surface area contributed by atoms with E-state index in [1.165, 1.54) is 0 Å². The summed E-state index contributed by atoms with van der Waals surface area (Å²) in [4.78, 5) is 30.0. The van der Waals surface area contributed by atoms with Gasteiger partial charge in [-0.15, -0.1) is 0 Å². The summed E-state index contributed by atoms with van der Waals surface area (Å²) in [5, 5.41) is 13.0. The average molecular weight is 390 g/mol. The van der Waals surface area contributed by atoms with Crippen molar-refractivity contribution in [3.63, 3.8) is 0 Å². The van der Waals surface area contributed by atoms with Crippen molar-refractivity contribution in [2.75, 3.05) is 0 Å². The Morgan fingerprint density at radius 2 is 1.69 bits per heavy atom. The zero-order chi connectivity index (χ0) is 20.2. The Morgan fingerprint density at radius 1 is 1.00 bits per heavy atom. The monoisotopic (exact) mass is 390 g/mol. The molecule has 0 radical (unpaired) electrons. The number of rotatable bonds is 5. The zero-order valence-electron chi connectivity index (χ0n) is 16.0. The summed E-state index contributed by atoms with van der Waals surface area (Å²) in [6.45, 7) is -0.198. The Labute approximate surface area is 168 Å². The number of ether oxygens (including phenoxy) is 1. The molecule has 1 fully saturated rings. The van der Waals surface area contributed by atoms with Gasteiger partial charge in [0, 0.05) is 11.6 Å². The van der Waals surface area contributed by atoms with Gasteiger partial charge in [-0.3, -0.25) is 9.59 Å². The van der Waals surface area contributed by atoms with Crippen molar-refractivity contribution < 1.29 is 19.1 Å². The van der Waals surface area contributed by atoms with Gasteiger partial charge in [0.15, 0.2) is 5.69 Å². The lowest BCUT2D eigenvalue weighted by molar-refractivity contribution is -0.580. The molecule has 0 saturated heterocycles. The Kier molecular flexibility index (Phi) is 5.51. The third-order valence-electron chi connectivity index (χ3n) is 5.37. The molecule has 0 bridgehead atoms. The van der Waals surface area contributed by atoms with Gasteiger partial charge in [-0.1, -0.05) is 61.7 Å². The lowest BCUT2D eigenvalue weighted by Crippen LogP contribution is -2.38. The van der Waals surface area contributed by atoms with Crippen molar-refractivity contribution in [3.8, 4) is 0 Å². The normalized spacial score (nSPS) is 14.6. The first-order valence-electron chi connectivity index (χ1n) is 9.92. The van der Waals surface area contributed by atoms with E-state index in [4.69, 9.17) is 4.74 Å². The summed E-state index contributed by atoms with van der Waals surface area (Å²) in [7, 11) is 0. The average Bonchev–Trinajstić information content (AvgIpc) is 2.78. The molecule has 29 heavy (non-hydrogen) atoms. The van der Waals surface area contributed by atoms with E-state index in [9.17, 15) is 14.8 Å². The van der Waals surface area contributed by atoms with E-state index in [0.29, 0.717) is 21.3 Å². The second kappa shape index (κ2) is 8.39. The molecule has 148 valence electrons. The van der Waals surface area contributed by atoms with Crippen molar-refractivity contribution >= 4 is 22.8 Å². The first kappa shape index (κ1) is 19.1. The van der Waals surface area contributed by atoms with Crippen LogP contribution in [0.4, 0.5) is 0 Å². The number of benzene rings is 2. The lowest BCUT2D eigenvalue weighted by Gasteiger charge is -2.20. The van der Waals surface area contributed by atoms with Gasteiger partial charge in [-0.2, -0.15) is 4.73 Å². The molecule has 0 unspecified atom stereocenters. The van der Waals surface area contributed by atoms with Gasteiger partial charge in [-0.25, -0.2) is 4.98 Å². The van der Waals surface area contributed by atoms with E-state index >= 15 is 0 Å². The minimum Gasteiger partial charge on any atom is -0.618 e. The van der Waals surface area contributed by atoms with Crippen LogP contribution >= 0.6 is 0 Å². The van der Waals surface area contributed by atoms with E-state index in [1.54, 1.807) is 54.6 Å². The number of nitrogens with zero attached hydrogens (tertiary/aromatic N) is 2. The molecule has 0 aliphatic heterocycles. The highest BCUT2D eigenvalue weighted by Gasteiger charge is 2.29. The number of hydrogen-bond donors (Lipinski definition) is 0. The predicted octanol–water partition coefficient (Wildman–Crippen LogP) is 3.72. The Hall–Kier alpha value is -3.28. The van der Waals surface area contributed by atoms with Crippen LogP contribution < -0.4 is 4.73 Å². The highest BCUT2D eigenvalue weighted by Crippen LogP contribution is 2.25. The molecule has 3 aromatic rings. The standard InChI is InChI=1S/C23H22N2O4/c26-22(16-9-3-1-4-10-16)21-19(15-29-23(27)17-11-5-2-6-12-17)24-18-13-7-8-14-20(18)25(21)28/h1,3-4,7-10,13-14,17H,2,5-6,11-12,15H2. The van der Waals surface area contributed by atoms with Crippen LogP contribution in [0.25, 0.3) is 11.0 Å². The summed E-state index contributed by atoms with van der Waals surface area (Å²) in [5.41, 5.74) is 1.21. The number of carbonyl (C=O) groups excluding carboxylic acids is 2. The number of aromatic nitrogens is 2. The fraction of sp³-hybridized carbons (Fsp3) is 0.304. The zero-order valence-corrected chi connectivity index (χ0v) is 16.0. The van der Waals surface area contributed by atoms with Crippen molar-refractivity contribution in [2.45, 2.75) is 38.7 Å². The number of carbonyl (C=O) groups is 2. The third kappa shape index (κ3) is 3.97. The summed E-state index contributed by atoms with van der Waals surface area (Å²) in [6, 6.07) is 15.4. The van der Waals surface area contributed by atoms with Crippen LogP contribution in [0.15, 0.2) is 54.6 Å². The first-order chi connectivity index (χ1) is 14.1. The topological polar surface area (TPSA) is 83.2 Å². The van der Waals surface area contributed by atoms with Crippen LogP contribution in [0.2, 0.25) is 0 Å². The van der Waals surface area contributed by atoms with Gasteiger partial charge < -0.3 is 9.94 Å². The SMILES string of the molecule is O=C(c1ccccc1)c1c(COC(=O)C2CCCCC2)nc2ccccc2[n+]1[O-]. The number of hydrogen-bond acceptors (Lipinski definition) is 5. The van der Waals surface area contributed by atoms with Gasteiger partial charge in [0.05, 0.1) is 5.92 Å². The maximum absolute atomic E-state index is 13.1. The minimum atomic E-state index is -0.442. The van der Waals surface area contributed by atoms with Crippen LogP contribution in [-0.4, -0.2) is 16.7 Å². The van der Waals surface area contributed by atoms with Gasteiger partial charge in [-0.05, 0) is 18.9 Å². The smallest absolute Gasteiger partial charge is 0.309 e. The molecular formula is C23H22N2O4. The van der Waals surface area contributed by atoms with Gasteiger partial charge in [0.25, 0.3) is 11.5 Å². The molecule has 6 heteroatoms. The molecule has 2 aromatic carbocycles. The fourth-order valence-corrected chi connectivity index (χ4v) is 3.81. The Balaban J connectivity index is 1.69. The van der Waals surface area contributed by atoms with Crippen LogP contribution in [0.1, 0.15) is 53.8 Å². The van der Waals surface area contributed by atoms with Crippen LogP contribution in [-0.2, 0) is 16.1 Å². The van der Waals surface area contributed by atoms with Gasteiger partial charge in [0.1, 0.15) is 12.1 Å². The quantitative estimate of drug-likeness (QED) is 0.287. The summed E-state index contributed by atoms with van der Waals surface area (Å²) < 4.78 is 6.09. The largest absolute Gasteiger partial charge is 0.618 e. The summed E-state index contributed by atoms with van der Waals surface area (Å²) >= 11 is 0. The summed E-state index contributed by atoms with van der Waals surface area (Å²) in [6.07, 6.45) is 4.82. The molecule has 1 aliphatic carbocycles. The second-order valence-electron chi connectivity index (χ2n) is 7.33. The van der Waals surface area contributed by atoms with Crippen molar-refractivity contribution in [1.29, 1.82) is 0 Å². The molecule has 0 spiro atoms. The number of para-hydroxylation sites is 2. The van der Waals surface area contributed by atoms with E-state index in [0.717, 1.165) is 32.1 Å². The third-order valence-corrected chi connectivity index (χ3v) is 5.37. The number of esters is 1. The predicted molar refractivity (Wildman–Crippen MR) is 107 cm³/mol. The van der Waals surface area contributed by atoms with Crippen molar-refractivity contribution in [2.24, 2.45) is 5.92 Å². The molecule has 1 saturated carbocycles. The van der Waals surface area contributed by atoms with Crippen LogP contribution in [0.5, 0.6) is 0 Å². The second-order valence-corrected chi connectivity index (χ2v) is 7.33. The van der Waals surface area contributed by atoms with Gasteiger partial charge in [0.2, 0.25) is 5.52 Å². The number of ketones is 1. The fourth-order valence-electron chi connectivity index (χ4n) is 3.81. The highest BCUT2D eigenvalue weighted by molar-refractivity contribution is 6.07. The molecule has 0 amide bonds. The van der Waals surface area contributed by atoms with Crippen molar-refractivity contribution in [1.82, 2.24) is 4.98 Å². The van der Waals surface area contributed by atoms with Crippen molar-refractivity contribution in [3.05, 3.63) is 76.8 Å². The van der Waals surface area contributed by atoms with E-state index in [1.807, 2.05) is 0 Å². The number of fused-ring (bicyclic) bond motifs is 1.